The Morgan fingerprint density at radius 2 is 1.70 bits per heavy atom. The molecule has 0 unspecified atom stereocenters. The summed E-state index contributed by atoms with van der Waals surface area (Å²) in [7, 11) is 3.05. The van der Waals surface area contributed by atoms with Crippen LogP contribution in [0.5, 0.6) is 11.5 Å². The second-order valence-corrected chi connectivity index (χ2v) is 6.53. The molecule has 0 aromatic heterocycles. The van der Waals surface area contributed by atoms with Gasteiger partial charge in [0.25, 0.3) is 0 Å². The van der Waals surface area contributed by atoms with Gasteiger partial charge in [0, 0.05) is 11.8 Å². The Labute approximate surface area is 159 Å². The monoisotopic (exact) mass is 370 g/mol. The third-order valence-corrected chi connectivity index (χ3v) is 4.19. The molecule has 2 aromatic rings. The second kappa shape index (κ2) is 9.07. The van der Waals surface area contributed by atoms with Crippen LogP contribution in [0.4, 0.5) is 11.4 Å². The van der Waals surface area contributed by atoms with Crippen LogP contribution in [-0.4, -0.2) is 26.0 Å². The van der Waals surface area contributed by atoms with Crippen LogP contribution in [0.3, 0.4) is 0 Å². The number of amides is 2. The quantitative estimate of drug-likeness (QED) is 0.719. The maximum Gasteiger partial charge on any atom is 0.233 e. The summed E-state index contributed by atoms with van der Waals surface area (Å²) >= 11 is 0. The third-order valence-electron chi connectivity index (χ3n) is 4.19. The maximum atomic E-state index is 12.4. The van der Waals surface area contributed by atoms with Gasteiger partial charge in [0.15, 0.2) is 0 Å². The van der Waals surface area contributed by atoms with Gasteiger partial charge in [-0.3, -0.25) is 9.59 Å². The Morgan fingerprint density at radius 3 is 2.33 bits per heavy atom. The Balaban J connectivity index is 2.08. The van der Waals surface area contributed by atoms with Crippen LogP contribution < -0.4 is 20.1 Å². The number of ether oxygens (including phenoxy) is 2. The summed E-state index contributed by atoms with van der Waals surface area (Å²) in [5.74, 6) is 0.530. The van der Waals surface area contributed by atoms with Crippen LogP contribution in [0.2, 0.25) is 0 Å². The minimum absolute atomic E-state index is 0.259. The topological polar surface area (TPSA) is 76.7 Å². The van der Waals surface area contributed by atoms with Crippen LogP contribution in [0, 0.1) is 6.92 Å². The number of aryl methyl sites for hydroxylation is 1. The lowest BCUT2D eigenvalue weighted by Crippen LogP contribution is -2.22. The maximum absolute atomic E-state index is 12.4. The van der Waals surface area contributed by atoms with Crippen LogP contribution in [0.15, 0.2) is 36.4 Å². The van der Waals surface area contributed by atoms with Gasteiger partial charge in [-0.2, -0.15) is 0 Å². The van der Waals surface area contributed by atoms with Crippen molar-refractivity contribution in [3.8, 4) is 11.5 Å². The minimum Gasteiger partial charge on any atom is -0.497 e. The predicted molar refractivity (Wildman–Crippen MR) is 107 cm³/mol. The molecule has 0 saturated carbocycles. The van der Waals surface area contributed by atoms with Gasteiger partial charge in [0.2, 0.25) is 11.8 Å². The summed E-state index contributed by atoms with van der Waals surface area (Å²) in [6, 6.07) is 10.9. The molecule has 144 valence electrons. The highest BCUT2D eigenvalue weighted by Gasteiger charge is 2.16. The first-order valence-electron chi connectivity index (χ1n) is 8.77. The summed E-state index contributed by atoms with van der Waals surface area (Å²) in [6.07, 6.45) is -0.299. The van der Waals surface area contributed by atoms with Crippen LogP contribution in [0.1, 0.15) is 37.3 Å². The number of methoxy groups -OCH3 is 2. The van der Waals surface area contributed by atoms with E-state index in [-0.39, 0.29) is 18.2 Å². The first kappa shape index (κ1) is 20.3. The van der Waals surface area contributed by atoms with E-state index in [4.69, 9.17) is 9.47 Å². The molecule has 0 aliphatic rings. The van der Waals surface area contributed by atoms with Crippen LogP contribution in [-0.2, 0) is 9.59 Å². The molecule has 0 heterocycles. The lowest BCUT2D eigenvalue weighted by molar-refractivity contribution is -0.123. The molecular weight excluding hydrogens is 344 g/mol. The highest BCUT2D eigenvalue weighted by atomic mass is 16.5. The molecular formula is C21H26N2O4. The van der Waals surface area contributed by atoms with Crippen molar-refractivity contribution in [2.45, 2.75) is 33.1 Å². The van der Waals surface area contributed by atoms with Crippen LogP contribution in [0.25, 0.3) is 0 Å². The number of para-hydroxylation sites is 1. The van der Waals surface area contributed by atoms with Crippen molar-refractivity contribution >= 4 is 23.2 Å². The number of hydrogen-bond donors (Lipinski definition) is 2. The van der Waals surface area contributed by atoms with Crippen molar-refractivity contribution in [1.82, 2.24) is 0 Å². The number of nitrogens with one attached hydrogen (secondary N) is 2. The van der Waals surface area contributed by atoms with Crippen molar-refractivity contribution in [2.24, 2.45) is 0 Å². The summed E-state index contributed by atoms with van der Waals surface area (Å²) in [5, 5.41) is 5.57. The summed E-state index contributed by atoms with van der Waals surface area (Å²) in [6.45, 7) is 6.06. The van der Waals surface area contributed by atoms with Gasteiger partial charge >= 0.3 is 0 Å². The fourth-order valence-corrected chi connectivity index (χ4v) is 2.78. The largest absolute Gasteiger partial charge is 0.497 e. The molecule has 2 rings (SSSR count). The molecule has 0 aliphatic heterocycles. The van der Waals surface area contributed by atoms with E-state index in [1.165, 1.54) is 14.2 Å². The summed E-state index contributed by atoms with van der Waals surface area (Å²) in [5.41, 5.74) is 3.22. The average molecular weight is 370 g/mol. The molecule has 6 nitrogen and oxygen atoms in total. The lowest BCUT2D eigenvalue weighted by atomic mass is 9.98. The second-order valence-electron chi connectivity index (χ2n) is 6.53. The third kappa shape index (κ3) is 5.23. The molecule has 0 saturated heterocycles. The van der Waals surface area contributed by atoms with Gasteiger partial charge in [0.05, 0.1) is 19.9 Å². The average Bonchev–Trinajstić information content (AvgIpc) is 2.62. The van der Waals surface area contributed by atoms with Gasteiger partial charge in [-0.15, -0.1) is 0 Å². The number of hydrogen-bond acceptors (Lipinski definition) is 4. The highest BCUT2D eigenvalue weighted by Crippen LogP contribution is 2.29. The smallest absolute Gasteiger partial charge is 0.233 e. The lowest BCUT2D eigenvalue weighted by Gasteiger charge is -2.16. The van der Waals surface area contributed by atoms with E-state index in [1.807, 2.05) is 25.1 Å². The van der Waals surface area contributed by atoms with Crippen LogP contribution >= 0.6 is 0 Å². The first-order chi connectivity index (χ1) is 12.8. The normalized spacial score (nSPS) is 10.4. The summed E-state index contributed by atoms with van der Waals surface area (Å²) < 4.78 is 10.4. The minimum atomic E-state index is -0.432. The molecule has 27 heavy (non-hydrogen) atoms. The number of rotatable bonds is 7. The zero-order chi connectivity index (χ0) is 20.0. The van der Waals surface area contributed by atoms with Gasteiger partial charge < -0.3 is 20.1 Å². The Bertz CT molecular complexity index is 831. The van der Waals surface area contributed by atoms with Crippen molar-refractivity contribution in [3.63, 3.8) is 0 Å². The molecule has 0 radical (unpaired) electrons. The molecule has 0 spiro atoms. The molecule has 0 bridgehead atoms. The number of carbonyl (C=O) groups is 2. The van der Waals surface area contributed by atoms with Gasteiger partial charge in [-0.25, -0.2) is 0 Å². The molecule has 6 heteroatoms. The Kier molecular flexibility index (Phi) is 6.82. The van der Waals surface area contributed by atoms with E-state index in [9.17, 15) is 9.59 Å². The fourth-order valence-electron chi connectivity index (χ4n) is 2.78. The summed E-state index contributed by atoms with van der Waals surface area (Å²) in [4.78, 5) is 24.7. The van der Waals surface area contributed by atoms with Crippen molar-refractivity contribution in [3.05, 3.63) is 47.5 Å². The number of carbonyl (C=O) groups excluding carboxylic acids is 2. The van der Waals surface area contributed by atoms with E-state index >= 15 is 0 Å². The van der Waals surface area contributed by atoms with Gasteiger partial charge in [-0.1, -0.05) is 32.0 Å². The molecule has 0 atom stereocenters. The molecule has 0 aliphatic carbocycles. The standard InChI is InChI=1S/C21H26N2O4/c1-13(2)16-8-6-7-14(3)21(16)23-20(25)12-19(24)22-17-11-15(26-4)9-10-18(17)27-5/h6-11,13H,12H2,1-5H3,(H,22,24)(H,23,25). The molecule has 0 fully saturated rings. The van der Waals surface area contributed by atoms with E-state index in [0.717, 1.165) is 16.8 Å². The van der Waals surface area contributed by atoms with Crippen molar-refractivity contribution in [2.75, 3.05) is 24.9 Å². The Morgan fingerprint density at radius 1 is 1.00 bits per heavy atom. The number of benzene rings is 2. The molecule has 2 N–H and O–H groups in total. The molecule has 2 aromatic carbocycles. The SMILES string of the molecule is COc1ccc(OC)c(NC(=O)CC(=O)Nc2c(C)cccc2C(C)C)c1. The zero-order valence-corrected chi connectivity index (χ0v) is 16.4. The zero-order valence-electron chi connectivity index (χ0n) is 16.4. The van der Waals surface area contributed by atoms with Gasteiger partial charge in [0.1, 0.15) is 17.9 Å². The van der Waals surface area contributed by atoms with Crippen molar-refractivity contribution in [1.29, 1.82) is 0 Å². The van der Waals surface area contributed by atoms with E-state index in [2.05, 4.69) is 24.5 Å². The highest BCUT2D eigenvalue weighted by molar-refractivity contribution is 6.08. The van der Waals surface area contributed by atoms with Gasteiger partial charge in [-0.05, 0) is 36.1 Å². The first-order valence-corrected chi connectivity index (χ1v) is 8.77. The molecule has 2 amide bonds. The fraction of sp³-hybridized carbons (Fsp3) is 0.333. The van der Waals surface area contributed by atoms with Crippen molar-refractivity contribution < 1.29 is 19.1 Å². The van der Waals surface area contributed by atoms with E-state index in [1.54, 1.807) is 18.2 Å². The van der Waals surface area contributed by atoms with E-state index < -0.39 is 5.91 Å². The Hall–Kier alpha value is -3.02. The van der Waals surface area contributed by atoms with E-state index in [0.29, 0.717) is 17.2 Å². The predicted octanol–water partition coefficient (Wildman–Crippen LogP) is 4.10. The number of anilines is 2.